The second-order valence-corrected chi connectivity index (χ2v) is 2.50. The Hall–Kier alpha value is -1.84. The van der Waals surface area contributed by atoms with Crippen molar-refractivity contribution in [3.8, 4) is 0 Å². The van der Waals surface area contributed by atoms with E-state index in [2.05, 4.69) is 5.43 Å². The maximum atomic E-state index is 10.7. The smallest absolute Gasteiger partial charge is 0.235 e. The van der Waals surface area contributed by atoms with Crippen molar-refractivity contribution >= 4 is 17.9 Å². The highest BCUT2D eigenvalue weighted by atomic mass is 16.2. The Bertz CT molecular complexity index is 297. The van der Waals surface area contributed by atoms with Crippen LogP contribution in [-0.2, 0) is 4.79 Å². The third-order valence-electron chi connectivity index (χ3n) is 1.44. The molecule has 0 fully saturated rings. The summed E-state index contributed by atoms with van der Waals surface area (Å²) in [5.74, 6) is -0.202. The zero-order chi connectivity index (χ0) is 9.68. The monoisotopic (exact) mass is 177 g/mol. The van der Waals surface area contributed by atoms with Crippen LogP contribution in [0.25, 0.3) is 0 Å². The number of hydrogen-bond acceptors (Lipinski definition) is 2. The Balaban J connectivity index is 2.78. The molecule has 0 aliphatic rings. The number of para-hydroxylation sites is 1. The highest BCUT2D eigenvalue weighted by Gasteiger charge is 2.02. The van der Waals surface area contributed by atoms with Crippen molar-refractivity contribution in [3.05, 3.63) is 30.3 Å². The summed E-state index contributed by atoms with van der Waals surface area (Å²) in [6.45, 7) is 1.40. The van der Waals surface area contributed by atoms with Gasteiger partial charge >= 0.3 is 0 Å². The van der Waals surface area contributed by atoms with E-state index in [1.54, 1.807) is 12.1 Å². The van der Waals surface area contributed by atoms with Gasteiger partial charge in [0, 0.05) is 6.92 Å². The van der Waals surface area contributed by atoms with Crippen molar-refractivity contribution < 1.29 is 4.79 Å². The van der Waals surface area contributed by atoms with Gasteiger partial charge in [0.1, 0.15) is 6.34 Å². The molecule has 2 N–H and O–H groups in total. The van der Waals surface area contributed by atoms with E-state index >= 15 is 0 Å². The predicted molar refractivity (Wildman–Crippen MR) is 51.5 cm³/mol. The van der Waals surface area contributed by atoms with E-state index in [4.69, 9.17) is 5.41 Å². The van der Waals surface area contributed by atoms with Gasteiger partial charge in [-0.25, -0.2) is 5.01 Å². The minimum Gasteiger partial charge on any atom is -0.290 e. The summed E-state index contributed by atoms with van der Waals surface area (Å²) in [7, 11) is 0. The number of benzene rings is 1. The minimum atomic E-state index is -0.202. The van der Waals surface area contributed by atoms with Crippen LogP contribution in [0.1, 0.15) is 6.92 Å². The number of carbonyl (C=O) groups is 1. The van der Waals surface area contributed by atoms with Crippen molar-refractivity contribution in [2.24, 2.45) is 0 Å². The molecule has 0 aliphatic carbocycles. The summed E-state index contributed by atoms with van der Waals surface area (Å²) in [6.07, 6.45) is 1.05. The van der Waals surface area contributed by atoms with Gasteiger partial charge in [0.05, 0.1) is 5.69 Å². The maximum Gasteiger partial charge on any atom is 0.235 e. The fraction of sp³-hybridized carbons (Fsp3) is 0.111. The topological polar surface area (TPSA) is 56.2 Å². The number of anilines is 1. The normalized spacial score (nSPS) is 9.00. The van der Waals surface area contributed by atoms with Crippen molar-refractivity contribution in [1.29, 1.82) is 5.41 Å². The average molecular weight is 177 g/mol. The van der Waals surface area contributed by atoms with E-state index in [0.717, 1.165) is 12.0 Å². The lowest BCUT2D eigenvalue weighted by atomic mass is 10.3. The van der Waals surface area contributed by atoms with Crippen LogP contribution in [0, 0.1) is 5.41 Å². The molecule has 0 unspecified atom stereocenters. The van der Waals surface area contributed by atoms with E-state index in [1.165, 1.54) is 11.9 Å². The molecule has 1 aromatic carbocycles. The highest BCUT2D eigenvalue weighted by molar-refractivity contribution is 5.84. The van der Waals surface area contributed by atoms with Gasteiger partial charge in [-0.3, -0.25) is 15.6 Å². The summed E-state index contributed by atoms with van der Waals surface area (Å²) in [5.41, 5.74) is 3.25. The molecule has 0 spiro atoms. The van der Waals surface area contributed by atoms with Crippen LogP contribution in [0.15, 0.2) is 30.3 Å². The van der Waals surface area contributed by atoms with Crippen molar-refractivity contribution in [1.82, 2.24) is 5.43 Å². The van der Waals surface area contributed by atoms with Crippen LogP contribution in [0.3, 0.4) is 0 Å². The second kappa shape index (κ2) is 4.25. The summed E-state index contributed by atoms with van der Waals surface area (Å²) in [4.78, 5) is 10.7. The molecule has 0 atom stereocenters. The molecule has 68 valence electrons. The van der Waals surface area contributed by atoms with Crippen LogP contribution in [0.2, 0.25) is 0 Å². The van der Waals surface area contributed by atoms with Crippen LogP contribution in [0.5, 0.6) is 0 Å². The van der Waals surface area contributed by atoms with Gasteiger partial charge < -0.3 is 0 Å². The first-order valence-electron chi connectivity index (χ1n) is 3.86. The molecule has 4 nitrogen and oxygen atoms in total. The SMILES string of the molecule is CC(=O)NN(C=N)c1ccccc1. The fourth-order valence-corrected chi connectivity index (χ4v) is 0.930. The van der Waals surface area contributed by atoms with Crippen LogP contribution < -0.4 is 10.4 Å². The van der Waals surface area contributed by atoms with E-state index in [1.807, 2.05) is 18.2 Å². The largest absolute Gasteiger partial charge is 0.290 e. The third-order valence-corrected chi connectivity index (χ3v) is 1.44. The molecule has 0 radical (unpaired) electrons. The van der Waals surface area contributed by atoms with Gasteiger partial charge in [0.2, 0.25) is 5.91 Å². The Morgan fingerprint density at radius 3 is 2.54 bits per heavy atom. The van der Waals surface area contributed by atoms with Crippen LogP contribution >= 0.6 is 0 Å². The number of hydrogen-bond donors (Lipinski definition) is 2. The molecule has 0 saturated heterocycles. The maximum absolute atomic E-state index is 10.7. The first-order chi connectivity index (χ1) is 6.24. The lowest BCUT2D eigenvalue weighted by molar-refractivity contribution is -0.118. The van der Waals surface area contributed by atoms with Crippen molar-refractivity contribution in [2.75, 3.05) is 5.01 Å². The zero-order valence-electron chi connectivity index (χ0n) is 7.32. The van der Waals surface area contributed by atoms with E-state index in [-0.39, 0.29) is 5.91 Å². The first kappa shape index (κ1) is 9.25. The Kier molecular flexibility index (Phi) is 3.03. The Morgan fingerprint density at radius 2 is 2.08 bits per heavy atom. The van der Waals surface area contributed by atoms with E-state index in [0.29, 0.717) is 0 Å². The van der Waals surface area contributed by atoms with Gasteiger partial charge in [-0.1, -0.05) is 18.2 Å². The summed E-state index contributed by atoms with van der Waals surface area (Å²) >= 11 is 0. The number of amides is 1. The number of hydrazine groups is 1. The molecule has 0 saturated carbocycles. The predicted octanol–water partition coefficient (Wildman–Crippen LogP) is 1.15. The lowest BCUT2D eigenvalue weighted by Gasteiger charge is -2.18. The number of nitrogens with zero attached hydrogens (tertiary/aromatic N) is 1. The molecule has 1 aromatic rings. The molecule has 13 heavy (non-hydrogen) atoms. The lowest BCUT2D eigenvalue weighted by Crippen LogP contribution is -2.39. The molecule has 0 aromatic heterocycles. The van der Waals surface area contributed by atoms with Gasteiger partial charge in [-0.15, -0.1) is 0 Å². The molecule has 1 amide bonds. The quantitative estimate of drug-likeness (QED) is 0.413. The van der Waals surface area contributed by atoms with E-state index in [9.17, 15) is 4.79 Å². The second-order valence-electron chi connectivity index (χ2n) is 2.50. The Labute approximate surface area is 76.7 Å². The third kappa shape index (κ3) is 2.59. The van der Waals surface area contributed by atoms with Crippen LogP contribution in [0.4, 0.5) is 5.69 Å². The zero-order valence-corrected chi connectivity index (χ0v) is 7.32. The van der Waals surface area contributed by atoms with Crippen LogP contribution in [-0.4, -0.2) is 12.2 Å². The highest BCUT2D eigenvalue weighted by Crippen LogP contribution is 2.08. The minimum absolute atomic E-state index is 0.202. The number of carbonyl (C=O) groups excluding carboxylic acids is 1. The molecular formula is C9H11N3O. The van der Waals surface area contributed by atoms with Gasteiger partial charge in [0.25, 0.3) is 0 Å². The average Bonchev–Trinajstić information content (AvgIpc) is 2.15. The van der Waals surface area contributed by atoms with Crippen molar-refractivity contribution in [2.45, 2.75) is 6.92 Å². The number of nitrogens with one attached hydrogen (secondary N) is 2. The molecule has 4 heteroatoms. The molecule has 0 aliphatic heterocycles. The standard InChI is InChI=1S/C9H11N3O/c1-8(13)11-12(7-10)9-5-3-2-4-6-9/h2-7,10H,1H3,(H,11,13). The Morgan fingerprint density at radius 1 is 1.46 bits per heavy atom. The van der Waals surface area contributed by atoms with Gasteiger partial charge in [-0.2, -0.15) is 0 Å². The number of rotatable bonds is 3. The summed E-state index contributed by atoms with van der Waals surface area (Å²) in [6, 6.07) is 9.17. The first-order valence-corrected chi connectivity index (χ1v) is 3.86. The summed E-state index contributed by atoms with van der Waals surface area (Å²) in [5, 5.41) is 8.43. The molecule has 1 rings (SSSR count). The van der Waals surface area contributed by atoms with Gasteiger partial charge in [-0.05, 0) is 12.1 Å². The van der Waals surface area contributed by atoms with Crippen molar-refractivity contribution in [3.63, 3.8) is 0 Å². The van der Waals surface area contributed by atoms with Gasteiger partial charge in [0.15, 0.2) is 0 Å². The molecule has 0 bridgehead atoms. The summed E-state index contributed by atoms with van der Waals surface area (Å²) < 4.78 is 0. The molecular weight excluding hydrogens is 166 g/mol. The fourth-order valence-electron chi connectivity index (χ4n) is 0.930. The van der Waals surface area contributed by atoms with E-state index < -0.39 is 0 Å². The molecule has 0 heterocycles.